The van der Waals surface area contributed by atoms with Crippen LogP contribution in [0.4, 0.5) is 8.78 Å². The minimum atomic E-state index is -2.39. The fraction of sp³-hybridized carbons (Fsp3) is 0.300. The lowest BCUT2D eigenvalue weighted by atomic mass is 10.1. The van der Waals surface area contributed by atoms with Crippen molar-refractivity contribution in [2.75, 3.05) is 0 Å². The molecule has 0 spiro atoms. The maximum Gasteiger partial charge on any atom is 0.288 e. The second-order valence-corrected chi connectivity index (χ2v) is 3.75. The van der Waals surface area contributed by atoms with Crippen molar-refractivity contribution in [1.29, 1.82) is 5.26 Å². The van der Waals surface area contributed by atoms with Gasteiger partial charge in [0, 0.05) is 11.3 Å². The molecule has 4 heteroatoms. The van der Waals surface area contributed by atoms with E-state index in [0.717, 1.165) is 5.56 Å². The maximum atomic E-state index is 12.0. The van der Waals surface area contributed by atoms with Gasteiger partial charge in [-0.05, 0) is 24.1 Å². The quantitative estimate of drug-likeness (QED) is 0.715. The highest BCUT2D eigenvalue weighted by atomic mass is 32.2. The van der Waals surface area contributed by atoms with Gasteiger partial charge in [-0.2, -0.15) is 14.0 Å². The van der Waals surface area contributed by atoms with E-state index in [0.29, 0.717) is 29.5 Å². The summed E-state index contributed by atoms with van der Waals surface area (Å²) in [7, 11) is 0. The van der Waals surface area contributed by atoms with E-state index in [9.17, 15) is 8.78 Å². The number of nitriles is 1. The van der Waals surface area contributed by atoms with E-state index in [4.69, 9.17) is 5.26 Å². The summed E-state index contributed by atoms with van der Waals surface area (Å²) in [5, 5.41) is 8.37. The predicted octanol–water partition coefficient (Wildman–Crippen LogP) is 3.46. The number of rotatable bonds is 4. The zero-order chi connectivity index (χ0) is 10.4. The van der Waals surface area contributed by atoms with Gasteiger partial charge in [-0.25, -0.2) is 0 Å². The summed E-state index contributed by atoms with van der Waals surface area (Å²) >= 11 is 0.530. The Bertz CT molecular complexity index is 333. The third-order valence-corrected chi connectivity index (χ3v) is 2.35. The van der Waals surface area contributed by atoms with Crippen molar-refractivity contribution in [3.8, 4) is 6.07 Å². The number of benzene rings is 1. The highest BCUT2D eigenvalue weighted by Gasteiger charge is 2.05. The Labute approximate surface area is 85.7 Å². The van der Waals surface area contributed by atoms with Gasteiger partial charge in [-0.1, -0.05) is 23.9 Å². The molecule has 0 atom stereocenters. The lowest BCUT2D eigenvalue weighted by Gasteiger charge is -2.02. The van der Waals surface area contributed by atoms with Gasteiger partial charge in [0.25, 0.3) is 5.76 Å². The van der Waals surface area contributed by atoms with Gasteiger partial charge >= 0.3 is 0 Å². The topological polar surface area (TPSA) is 23.8 Å². The van der Waals surface area contributed by atoms with Gasteiger partial charge < -0.3 is 0 Å². The van der Waals surface area contributed by atoms with E-state index in [1.165, 1.54) is 0 Å². The monoisotopic (exact) mass is 213 g/mol. The fourth-order valence-corrected chi connectivity index (χ4v) is 1.66. The molecule has 74 valence electrons. The first kappa shape index (κ1) is 11.0. The maximum absolute atomic E-state index is 12.0. The van der Waals surface area contributed by atoms with Crippen LogP contribution in [0.5, 0.6) is 0 Å². The molecule has 0 aliphatic heterocycles. The van der Waals surface area contributed by atoms with E-state index < -0.39 is 5.76 Å². The number of aryl methyl sites for hydroxylation is 1. The van der Waals surface area contributed by atoms with Crippen molar-refractivity contribution in [2.45, 2.75) is 23.5 Å². The lowest BCUT2D eigenvalue weighted by molar-refractivity contribution is 0.252. The highest BCUT2D eigenvalue weighted by molar-refractivity contribution is 7.99. The van der Waals surface area contributed by atoms with Gasteiger partial charge in [-0.15, -0.1) is 0 Å². The molecule has 0 amide bonds. The van der Waals surface area contributed by atoms with E-state index in [1.807, 2.05) is 12.1 Å². The number of hydrogen-bond donors (Lipinski definition) is 0. The average molecular weight is 213 g/mol. The molecule has 14 heavy (non-hydrogen) atoms. The van der Waals surface area contributed by atoms with Crippen LogP contribution in [-0.2, 0) is 6.42 Å². The molecule has 1 rings (SSSR count). The molecule has 0 aliphatic carbocycles. The second-order valence-electron chi connectivity index (χ2n) is 2.68. The molecule has 0 radical (unpaired) electrons. The van der Waals surface area contributed by atoms with Crippen LogP contribution in [0.15, 0.2) is 29.2 Å². The van der Waals surface area contributed by atoms with Crippen LogP contribution < -0.4 is 0 Å². The van der Waals surface area contributed by atoms with Crippen molar-refractivity contribution in [2.24, 2.45) is 0 Å². The molecule has 0 N–H and O–H groups in total. The molecular weight excluding hydrogens is 204 g/mol. The first-order valence-corrected chi connectivity index (χ1v) is 5.01. The molecule has 0 heterocycles. The highest BCUT2D eigenvalue weighted by Crippen LogP contribution is 2.25. The summed E-state index contributed by atoms with van der Waals surface area (Å²) in [6, 6.07) is 8.94. The van der Waals surface area contributed by atoms with Crippen LogP contribution in [0.1, 0.15) is 12.0 Å². The van der Waals surface area contributed by atoms with Gasteiger partial charge in [0.2, 0.25) is 0 Å². The van der Waals surface area contributed by atoms with Crippen LogP contribution in [0, 0.1) is 11.3 Å². The largest absolute Gasteiger partial charge is 0.288 e. The minimum absolute atomic E-state index is 0.419. The second kappa shape index (κ2) is 5.61. The van der Waals surface area contributed by atoms with Gasteiger partial charge in [0.15, 0.2) is 0 Å². The van der Waals surface area contributed by atoms with Crippen LogP contribution >= 0.6 is 11.8 Å². The smallest absolute Gasteiger partial charge is 0.198 e. The fourth-order valence-electron chi connectivity index (χ4n) is 1.08. The van der Waals surface area contributed by atoms with Gasteiger partial charge in [0.1, 0.15) is 0 Å². The predicted molar refractivity (Wildman–Crippen MR) is 52.2 cm³/mol. The molecule has 1 aromatic carbocycles. The van der Waals surface area contributed by atoms with Crippen molar-refractivity contribution in [1.82, 2.24) is 0 Å². The molecule has 0 aliphatic rings. The molecule has 0 saturated heterocycles. The average Bonchev–Trinajstić information content (AvgIpc) is 2.14. The van der Waals surface area contributed by atoms with Crippen molar-refractivity contribution < 1.29 is 8.78 Å². The Morgan fingerprint density at radius 1 is 1.43 bits per heavy atom. The van der Waals surface area contributed by atoms with E-state index in [-0.39, 0.29) is 0 Å². The lowest BCUT2D eigenvalue weighted by Crippen LogP contribution is -1.86. The Balaban J connectivity index is 2.65. The van der Waals surface area contributed by atoms with Crippen LogP contribution in [0.25, 0.3) is 0 Å². The molecule has 0 bridgehead atoms. The summed E-state index contributed by atoms with van der Waals surface area (Å²) in [4.78, 5) is 0.551. The first-order chi connectivity index (χ1) is 6.72. The third-order valence-electron chi connectivity index (χ3n) is 1.65. The zero-order valence-electron chi connectivity index (χ0n) is 7.41. The van der Waals surface area contributed by atoms with Gasteiger partial charge in [0.05, 0.1) is 6.07 Å². The van der Waals surface area contributed by atoms with Crippen molar-refractivity contribution in [3.05, 3.63) is 29.8 Å². The Hall–Kier alpha value is -1.08. The molecule has 0 unspecified atom stereocenters. The Morgan fingerprint density at radius 2 is 2.21 bits per heavy atom. The summed E-state index contributed by atoms with van der Waals surface area (Å²) < 4.78 is 24.0. The minimum Gasteiger partial charge on any atom is -0.198 e. The summed E-state index contributed by atoms with van der Waals surface area (Å²) in [6.45, 7) is 0. The Kier molecular flexibility index (Phi) is 4.41. The van der Waals surface area contributed by atoms with Gasteiger partial charge in [-0.3, -0.25) is 0 Å². The van der Waals surface area contributed by atoms with Crippen LogP contribution in [0.3, 0.4) is 0 Å². The van der Waals surface area contributed by atoms with Crippen LogP contribution in [0.2, 0.25) is 0 Å². The first-order valence-electron chi connectivity index (χ1n) is 4.13. The summed E-state index contributed by atoms with van der Waals surface area (Å²) in [5.41, 5.74) is 0.928. The molecular formula is C10H9F2NS. The normalized spacial score (nSPS) is 10.1. The summed E-state index contributed by atoms with van der Waals surface area (Å²) in [5.74, 6) is -2.39. The molecule has 1 nitrogen and oxygen atoms in total. The zero-order valence-corrected chi connectivity index (χ0v) is 8.23. The number of nitrogens with zero attached hydrogens (tertiary/aromatic N) is 1. The Morgan fingerprint density at radius 3 is 2.86 bits per heavy atom. The standard InChI is InChI=1S/C10H9F2NS/c11-10(12)14-9-5-1-3-8(7-9)4-2-6-13/h1,3,5,7,10H,2,4H2. The van der Waals surface area contributed by atoms with Crippen molar-refractivity contribution >= 4 is 11.8 Å². The number of halogens is 2. The third kappa shape index (κ3) is 3.75. The van der Waals surface area contributed by atoms with Crippen LogP contribution in [-0.4, -0.2) is 5.76 Å². The number of alkyl halides is 2. The molecule has 1 aromatic rings. The van der Waals surface area contributed by atoms with Crippen molar-refractivity contribution in [3.63, 3.8) is 0 Å². The SMILES string of the molecule is N#CCCc1cccc(SC(F)F)c1. The summed E-state index contributed by atoms with van der Waals surface area (Å²) in [6.07, 6.45) is 1.04. The molecule has 0 fully saturated rings. The van der Waals surface area contributed by atoms with E-state index in [2.05, 4.69) is 0 Å². The van der Waals surface area contributed by atoms with E-state index in [1.54, 1.807) is 18.2 Å². The van der Waals surface area contributed by atoms with E-state index >= 15 is 0 Å². The number of thioether (sulfide) groups is 1. The number of hydrogen-bond acceptors (Lipinski definition) is 2. The molecule has 0 aromatic heterocycles. The molecule has 0 saturated carbocycles.